The number of aromatic nitrogens is 2. The molecule has 0 saturated carbocycles. The third-order valence-electron chi connectivity index (χ3n) is 2.98. The first-order valence-corrected chi connectivity index (χ1v) is 6.68. The summed E-state index contributed by atoms with van der Waals surface area (Å²) in [6.45, 7) is 6.67. The van der Waals surface area contributed by atoms with Crippen LogP contribution in [0.5, 0.6) is 0 Å². The van der Waals surface area contributed by atoms with Gasteiger partial charge < -0.3 is 10.6 Å². The molecule has 2 rings (SSSR count). The summed E-state index contributed by atoms with van der Waals surface area (Å²) in [6.07, 6.45) is 0. The van der Waals surface area contributed by atoms with E-state index in [1.165, 1.54) is 12.1 Å². The van der Waals surface area contributed by atoms with Crippen molar-refractivity contribution in [3.05, 3.63) is 42.0 Å². The first kappa shape index (κ1) is 14.2. The third kappa shape index (κ3) is 3.04. The summed E-state index contributed by atoms with van der Waals surface area (Å²) in [5, 5.41) is 0. The number of halogens is 1. The molecule has 4 nitrogen and oxygen atoms in total. The van der Waals surface area contributed by atoms with Crippen LogP contribution in [0.4, 0.5) is 21.7 Å². The maximum Gasteiger partial charge on any atom is 0.138 e. The summed E-state index contributed by atoms with van der Waals surface area (Å²) in [7, 11) is 0. The topological polar surface area (TPSA) is 55.0 Å². The van der Waals surface area contributed by atoms with Gasteiger partial charge in [0.2, 0.25) is 0 Å². The minimum absolute atomic E-state index is 0.184. The van der Waals surface area contributed by atoms with Crippen LogP contribution in [0, 0.1) is 5.82 Å². The number of nitrogens with two attached hydrogens (primary N) is 1. The van der Waals surface area contributed by atoms with Crippen LogP contribution >= 0.6 is 0 Å². The number of anilines is 3. The Morgan fingerprint density at radius 3 is 2.60 bits per heavy atom. The van der Waals surface area contributed by atoms with Gasteiger partial charge in [-0.2, -0.15) is 0 Å². The van der Waals surface area contributed by atoms with Gasteiger partial charge in [-0.1, -0.05) is 19.9 Å². The van der Waals surface area contributed by atoms with Crippen LogP contribution in [0.2, 0.25) is 0 Å². The Morgan fingerprint density at radius 2 is 2.00 bits per heavy atom. The molecule has 1 aromatic carbocycles. The number of hydrogen-bond acceptors (Lipinski definition) is 4. The number of nitrogens with zero attached hydrogens (tertiary/aromatic N) is 3. The molecule has 106 valence electrons. The number of hydrogen-bond donors (Lipinski definition) is 1. The molecule has 2 aromatic rings. The molecule has 1 aromatic heterocycles. The molecule has 0 bridgehead atoms. The molecule has 20 heavy (non-hydrogen) atoms. The van der Waals surface area contributed by atoms with E-state index in [2.05, 4.69) is 9.97 Å². The maximum absolute atomic E-state index is 13.4. The van der Waals surface area contributed by atoms with Crippen LogP contribution in [-0.4, -0.2) is 16.5 Å². The van der Waals surface area contributed by atoms with Crippen molar-refractivity contribution in [1.29, 1.82) is 0 Å². The number of rotatable bonds is 4. The van der Waals surface area contributed by atoms with E-state index in [1.807, 2.05) is 31.7 Å². The SMILES string of the molecule is CCN(c1cccc(F)c1)c1cc(N)nc(C(C)C)n1. The van der Waals surface area contributed by atoms with Crippen molar-refractivity contribution >= 4 is 17.3 Å². The van der Waals surface area contributed by atoms with Gasteiger partial charge >= 0.3 is 0 Å². The Labute approximate surface area is 118 Å². The molecule has 0 amide bonds. The normalized spacial score (nSPS) is 10.8. The molecule has 0 aliphatic carbocycles. The van der Waals surface area contributed by atoms with Crippen LogP contribution < -0.4 is 10.6 Å². The minimum atomic E-state index is -0.271. The van der Waals surface area contributed by atoms with E-state index in [4.69, 9.17) is 5.73 Å². The average molecular weight is 274 g/mol. The Morgan fingerprint density at radius 1 is 1.25 bits per heavy atom. The van der Waals surface area contributed by atoms with Crippen LogP contribution in [-0.2, 0) is 0 Å². The predicted octanol–water partition coefficient (Wildman–Crippen LogP) is 3.48. The van der Waals surface area contributed by atoms with Gasteiger partial charge in [-0.3, -0.25) is 0 Å². The molecule has 0 fully saturated rings. The molecular weight excluding hydrogens is 255 g/mol. The second kappa shape index (κ2) is 5.86. The molecule has 0 unspecified atom stereocenters. The molecule has 0 saturated heterocycles. The summed E-state index contributed by atoms with van der Waals surface area (Å²) in [4.78, 5) is 10.7. The van der Waals surface area contributed by atoms with Gasteiger partial charge in [0, 0.05) is 24.2 Å². The summed E-state index contributed by atoms with van der Waals surface area (Å²) >= 11 is 0. The van der Waals surface area contributed by atoms with Crippen molar-refractivity contribution in [2.75, 3.05) is 17.2 Å². The number of nitrogen functional groups attached to an aromatic ring is 1. The van der Waals surface area contributed by atoms with E-state index in [-0.39, 0.29) is 11.7 Å². The van der Waals surface area contributed by atoms with Crippen LogP contribution in [0.15, 0.2) is 30.3 Å². The lowest BCUT2D eigenvalue weighted by Crippen LogP contribution is -2.19. The first-order valence-electron chi connectivity index (χ1n) is 6.68. The Kier molecular flexibility index (Phi) is 4.17. The summed E-state index contributed by atoms with van der Waals surface area (Å²) in [5.41, 5.74) is 6.60. The molecule has 0 aliphatic rings. The second-order valence-electron chi connectivity index (χ2n) is 4.89. The minimum Gasteiger partial charge on any atom is -0.384 e. The van der Waals surface area contributed by atoms with E-state index in [0.717, 1.165) is 5.69 Å². The monoisotopic (exact) mass is 274 g/mol. The van der Waals surface area contributed by atoms with Crippen molar-refractivity contribution in [2.45, 2.75) is 26.7 Å². The highest BCUT2D eigenvalue weighted by molar-refractivity contribution is 5.62. The standard InChI is InChI=1S/C15H19FN4/c1-4-20(12-7-5-6-11(16)8-12)14-9-13(17)18-15(19-14)10(2)3/h5-10H,4H2,1-3H3,(H2,17,18,19). The van der Waals surface area contributed by atoms with Crippen LogP contribution in [0.3, 0.4) is 0 Å². The molecule has 2 N–H and O–H groups in total. The fourth-order valence-electron chi connectivity index (χ4n) is 1.99. The van der Waals surface area contributed by atoms with Crippen LogP contribution in [0.25, 0.3) is 0 Å². The van der Waals surface area contributed by atoms with E-state index in [0.29, 0.717) is 24.0 Å². The van der Waals surface area contributed by atoms with Crippen molar-refractivity contribution in [3.63, 3.8) is 0 Å². The van der Waals surface area contributed by atoms with Gasteiger partial charge in [-0.25, -0.2) is 14.4 Å². The molecule has 5 heteroatoms. The van der Waals surface area contributed by atoms with Crippen molar-refractivity contribution < 1.29 is 4.39 Å². The smallest absolute Gasteiger partial charge is 0.138 e. The van der Waals surface area contributed by atoms with Gasteiger partial charge in [0.05, 0.1) is 0 Å². The molecule has 0 radical (unpaired) electrons. The zero-order valence-electron chi connectivity index (χ0n) is 12.0. The van der Waals surface area contributed by atoms with Crippen LogP contribution in [0.1, 0.15) is 32.5 Å². The lowest BCUT2D eigenvalue weighted by molar-refractivity contribution is 0.627. The fourth-order valence-corrected chi connectivity index (χ4v) is 1.99. The summed E-state index contributed by atoms with van der Waals surface area (Å²) in [5.74, 6) is 1.72. The lowest BCUT2D eigenvalue weighted by Gasteiger charge is -2.23. The quantitative estimate of drug-likeness (QED) is 0.927. The van der Waals surface area contributed by atoms with E-state index in [9.17, 15) is 4.39 Å². The highest BCUT2D eigenvalue weighted by Crippen LogP contribution is 2.26. The lowest BCUT2D eigenvalue weighted by atomic mass is 10.2. The van der Waals surface area contributed by atoms with Crippen molar-refractivity contribution in [3.8, 4) is 0 Å². The first-order chi connectivity index (χ1) is 9.51. The molecule has 0 atom stereocenters. The molecule has 0 aliphatic heterocycles. The second-order valence-corrected chi connectivity index (χ2v) is 4.89. The van der Waals surface area contributed by atoms with E-state index in [1.54, 1.807) is 12.1 Å². The predicted molar refractivity (Wildman–Crippen MR) is 79.6 cm³/mol. The highest BCUT2D eigenvalue weighted by Gasteiger charge is 2.13. The van der Waals surface area contributed by atoms with Gasteiger partial charge in [0.25, 0.3) is 0 Å². The molecule has 0 spiro atoms. The summed E-state index contributed by atoms with van der Waals surface area (Å²) in [6, 6.07) is 8.14. The van der Waals surface area contributed by atoms with Crippen molar-refractivity contribution in [1.82, 2.24) is 9.97 Å². The Balaban J connectivity index is 2.46. The Bertz CT molecular complexity index is 598. The highest BCUT2D eigenvalue weighted by atomic mass is 19.1. The summed E-state index contributed by atoms with van der Waals surface area (Å²) < 4.78 is 13.4. The van der Waals surface area contributed by atoms with Gasteiger partial charge in [0.1, 0.15) is 23.3 Å². The third-order valence-corrected chi connectivity index (χ3v) is 2.98. The molecule has 1 heterocycles. The Hall–Kier alpha value is -2.17. The molecular formula is C15H19FN4. The van der Waals surface area contributed by atoms with Gasteiger partial charge in [0.15, 0.2) is 0 Å². The maximum atomic E-state index is 13.4. The van der Waals surface area contributed by atoms with Gasteiger partial charge in [-0.15, -0.1) is 0 Å². The van der Waals surface area contributed by atoms with E-state index < -0.39 is 0 Å². The average Bonchev–Trinajstić information content (AvgIpc) is 2.39. The fraction of sp³-hybridized carbons (Fsp3) is 0.333. The zero-order valence-corrected chi connectivity index (χ0v) is 12.0. The van der Waals surface area contributed by atoms with Gasteiger partial charge in [-0.05, 0) is 25.1 Å². The number of benzene rings is 1. The largest absolute Gasteiger partial charge is 0.384 e. The zero-order chi connectivity index (χ0) is 14.7. The van der Waals surface area contributed by atoms with Crippen molar-refractivity contribution in [2.24, 2.45) is 0 Å². The van der Waals surface area contributed by atoms with E-state index >= 15 is 0 Å².